The summed E-state index contributed by atoms with van der Waals surface area (Å²) in [6.45, 7) is 2.08. The molecule has 1 aromatic carbocycles. The van der Waals surface area contributed by atoms with Crippen molar-refractivity contribution in [2.75, 3.05) is 0 Å². The van der Waals surface area contributed by atoms with E-state index >= 15 is 0 Å². The lowest BCUT2D eigenvalue weighted by Gasteiger charge is -2.24. The van der Waals surface area contributed by atoms with Crippen molar-refractivity contribution < 1.29 is 8.78 Å². The molecule has 1 aromatic rings. The third-order valence-corrected chi connectivity index (χ3v) is 2.89. The van der Waals surface area contributed by atoms with Gasteiger partial charge >= 0.3 is 0 Å². The normalized spacial score (nSPS) is 19.1. The molecular weight excluding hydrogens is 182 g/mol. The third kappa shape index (κ3) is 1.79. The van der Waals surface area contributed by atoms with Crippen LogP contribution in [-0.4, -0.2) is 5.92 Å². The van der Waals surface area contributed by atoms with Crippen LogP contribution < -0.4 is 0 Å². The van der Waals surface area contributed by atoms with E-state index in [1.807, 2.05) is 12.1 Å². The summed E-state index contributed by atoms with van der Waals surface area (Å²) in [5.74, 6) is -2.49. The summed E-state index contributed by atoms with van der Waals surface area (Å²) >= 11 is 0. The van der Waals surface area contributed by atoms with Crippen molar-refractivity contribution in [1.29, 1.82) is 0 Å². The number of hydrogen-bond acceptors (Lipinski definition) is 0. The Kier molecular flexibility index (Phi) is 2.30. The molecule has 0 spiro atoms. The summed E-state index contributed by atoms with van der Waals surface area (Å²) < 4.78 is 26.1. The fourth-order valence-corrected chi connectivity index (χ4v) is 1.99. The molecule has 2 rings (SSSR count). The van der Waals surface area contributed by atoms with Crippen LogP contribution in [-0.2, 0) is 19.3 Å². The highest BCUT2D eigenvalue weighted by atomic mass is 19.3. The average molecular weight is 196 g/mol. The summed E-state index contributed by atoms with van der Waals surface area (Å²) in [6.07, 6.45) is 1.43. The second-order valence-electron chi connectivity index (χ2n) is 3.99. The summed E-state index contributed by atoms with van der Waals surface area (Å²) in [6, 6.07) is 5.89. The van der Waals surface area contributed by atoms with Crippen molar-refractivity contribution in [3.8, 4) is 0 Å². The minimum Gasteiger partial charge on any atom is -0.207 e. The molecule has 0 bridgehead atoms. The van der Waals surface area contributed by atoms with Gasteiger partial charge in [0.05, 0.1) is 0 Å². The third-order valence-electron chi connectivity index (χ3n) is 2.89. The van der Waals surface area contributed by atoms with E-state index in [9.17, 15) is 8.78 Å². The number of halogens is 2. The maximum absolute atomic E-state index is 13.1. The molecule has 0 N–H and O–H groups in total. The smallest absolute Gasteiger partial charge is 0.207 e. The quantitative estimate of drug-likeness (QED) is 0.646. The average Bonchev–Trinajstić information content (AvgIpc) is 2.16. The highest BCUT2D eigenvalue weighted by Crippen LogP contribution is 2.33. The van der Waals surface area contributed by atoms with Crippen LogP contribution >= 0.6 is 0 Å². The van der Waals surface area contributed by atoms with Crippen LogP contribution in [0, 0.1) is 0 Å². The van der Waals surface area contributed by atoms with Crippen LogP contribution in [0.2, 0.25) is 0 Å². The highest BCUT2D eigenvalue weighted by Gasteiger charge is 2.33. The van der Waals surface area contributed by atoms with E-state index in [-0.39, 0.29) is 12.8 Å². The van der Waals surface area contributed by atoms with Gasteiger partial charge in [-0.25, -0.2) is 8.78 Å². The number of fused-ring (bicyclic) bond motifs is 1. The molecule has 0 atom stereocenters. The Balaban J connectivity index is 2.32. The maximum Gasteiger partial charge on any atom is 0.252 e. The monoisotopic (exact) mass is 196 g/mol. The van der Waals surface area contributed by atoms with E-state index in [1.165, 1.54) is 5.56 Å². The van der Waals surface area contributed by atoms with E-state index in [0.717, 1.165) is 17.5 Å². The molecular formula is C12H14F2. The fourth-order valence-electron chi connectivity index (χ4n) is 1.99. The molecule has 14 heavy (non-hydrogen) atoms. The predicted molar refractivity (Wildman–Crippen MR) is 52.8 cm³/mol. The van der Waals surface area contributed by atoms with Crippen molar-refractivity contribution >= 4 is 0 Å². The van der Waals surface area contributed by atoms with Crippen LogP contribution in [0.15, 0.2) is 18.2 Å². The van der Waals surface area contributed by atoms with Crippen LogP contribution in [0.25, 0.3) is 0 Å². The molecule has 0 nitrogen and oxygen atoms in total. The van der Waals surface area contributed by atoms with Gasteiger partial charge in [-0.15, -0.1) is 0 Å². The first-order chi connectivity index (χ1) is 6.61. The van der Waals surface area contributed by atoms with E-state index < -0.39 is 5.92 Å². The largest absolute Gasteiger partial charge is 0.252 e. The van der Waals surface area contributed by atoms with Crippen LogP contribution in [0.3, 0.4) is 0 Å². The number of hydrogen-bond donors (Lipinski definition) is 0. The lowest BCUT2D eigenvalue weighted by atomic mass is 9.88. The first-order valence-electron chi connectivity index (χ1n) is 5.09. The molecule has 0 saturated carbocycles. The first-order valence-corrected chi connectivity index (χ1v) is 5.09. The number of rotatable bonds is 1. The topological polar surface area (TPSA) is 0 Å². The second kappa shape index (κ2) is 3.34. The van der Waals surface area contributed by atoms with Crippen molar-refractivity contribution in [2.45, 2.75) is 38.5 Å². The SMILES string of the molecule is CCc1ccc2c(c1)CCC(F)(F)C2. The van der Waals surface area contributed by atoms with Crippen LogP contribution in [0.1, 0.15) is 30.0 Å². The first kappa shape index (κ1) is 9.63. The molecule has 0 aliphatic heterocycles. The van der Waals surface area contributed by atoms with Gasteiger partial charge in [-0.1, -0.05) is 25.1 Å². The van der Waals surface area contributed by atoms with Gasteiger partial charge in [0.25, 0.3) is 5.92 Å². The van der Waals surface area contributed by atoms with E-state index in [0.29, 0.717) is 6.42 Å². The van der Waals surface area contributed by atoms with Gasteiger partial charge in [-0.05, 0) is 29.5 Å². The summed E-state index contributed by atoms with van der Waals surface area (Å²) in [4.78, 5) is 0. The number of aryl methyl sites for hydroxylation is 2. The van der Waals surface area contributed by atoms with Crippen LogP contribution in [0.4, 0.5) is 8.78 Å². The zero-order valence-electron chi connectivity index (χ0n) is 8.32. The Morgan fingerprint density at radius 2 is 2.07 bits per heavy atom. The molecule has 76 valence electrons. The number of alkyl halides is 2. The summed E-state index contributed by atoms with van der Waals surface area (Å²) in [7, 11) is 0. The second-order valence-corrected chi connectivity index (χ2v) is 3.99. The van der Waals surface area contributed by atoms with E-state index in [1.54, 1.807) is 0 Å². The number of benzene rings is 1. The molecule has 1 aliphatic rings. The fraction of sp³-hybridized carbons (Fsp3) is 0.500. The molecule has 0 radical (unpaired) electrons. The minimum absolute atomic E-state index is 0.00711. The van der Waals surface area contributed by atoms with Gasteiger partial charge in [-0.2, -0.15) is 0 Å². The van der Waals surface area contributed by atoms with Crippen molar-refractivity contribution in [3.63, 3.8) is 0 Å². The standard InChI is InChI=1S/C12H14F2/c1-2-9-3-4-11-8-12(13,14)6-5-10(11)7-9/h3-4,7H,2,5-6,8H2,1H3. The molecule has 0 saturated heterocycles. The van der Waals surface area contributed by atoms with Crippen molar-refractivity contribution in [2.24, 2.45) is 0 Å². The Bertz CT molecular complexity index is 342. The summed E-state index contributed by atoms with van der Waals surface area (Å²) in [5.41, 5.74) is 3.20. The Hall–Kier alpha value is -0.920. The van der Waals surface area contributed by atoms with E-state index in [4.69, 9.17) is 0 Å². The molecule has 0 heterocycles. The molecule has 0 fully saturated rings. The molecule has 2 heteroatoms. The summed E-state index contributed by atoms with van der Waals surface area (Å²) in [5, 5.41) is 0. The zero-order valence-corrected chi connectivity index (χ0v) is 8.32. The van der Waals surface area contributed by atoms with Crippen molar-refractivity contribution in [3.05, 3.63) is 34.9 Å². The van der Waals surface area contributed by atoms with Gasteiger partial charge in [0.15, 0.2) is 0 Å². The van der Waals surface area contributed by atoms with E-state index in [2.05, 4.69) is 13.0 Å². The highest BCUT2D eigenvalue weighted by molar-refractivity contribution is 5.35. The molecule has 0 amide bonds. The Labute approximate surface area is 82.9 Å². The lowest BCUT2D eigenvalue weighted by Crippen LogP contribution is -2.25. The van der Waals surface area contributed by atoms with Gasteiger partial charge < -0.3 is 0 Å². The van der Waals surface area contributed by atoms with Gasteiger partial charge in [0, 0.05) is 12.8 Å². The Morgan fingerprint density at radius 1 is 1.29 bits per heavy atom. The van der Waals surface area contributed by atoms with Crippen LogP contribution in [0.5, 0.6) is 0 Å². The van der Waals surface area contributed by atoms with Gasteiger partial charge in [-0.3, -0.25) is 0 Å². The Morgan fingerprint density at radius 3 is 2.79 bits per heavy atom. The van der Waals surface area contributed by atoms with Crippen molar-refractivity contribution in [1.82, 2.24) is 0 Å². The molecule has 1 aliphatic carbocycles. The minimum atomic E-state index is -2.49. The maximum atomic E-state index is 13.1. The van der Waals surface area contributed by atoms with Gasteiger partial charge in [0.1, 0.15) is 0 Å². The molecule has 0 aromatic heterocycles. The molecule has 0 unspecified atom stereocenters. The lowest BCUT2D eigenvalue weighted by molar-refractivity contribution is -0.0122. The zero-order chi connectivity index (χ0) is 10.2. The predicted octanol–water partition coefficient (Wildman–Crippen LogP) is 3.37. The van der Waals surface area contributed by atoms with Gasteiger partial charge in [0.2, 0.25) is 0 Å².